The molecule has 34 heavy (non-hydrogen) atoms. The highest BCUT2D eigenvalue weighted by molar-refractivity contribution is 5.68. The van der Waals surface area contributed by atoms with Crippen LogP contribution in [0.1, 0.15) is 69.3 Å². The molecule has 2 aromatic rings. The van der Waals surface area contributed by atoms with Crippen molar-refractivity contribution in [2.75, 3.05) is 26.2 Å². The first-order valence-corrected chi connectivity index (χ1v) is 12.5. The van der Waals surface area contributed by atoms with Crippen LogP contribution in [0.2, 0.25) is 0 Å². The molecule has 2 aliphatic rings. The molecule has 0 bridgehead atoms. The van der Waals surface area contributed by atoms with Gasteiger partial charge in [0.1, 0.15) is 6.10 Å². The van der Waals surface area contributed by atoms with E-state index in [2.05, 4.69) is 41.7 Å². The van der Waals surface area contributed by atoms with Crippen LogP contribution in [0, 0.1) is 22.7 Å². The molecule has 1 aliphatic carbocycles. The minimum Gasteiger partial charge on any atom is -0.446 e. The maximum absolute atomic E-state index is 13.0. The Hall–Kier alpha value is -2.85. The molecule has 0 spiro atoms. The first-order chi connectivity index (χ1) is 16.3. The maximum Gasteiger partial charge on any atom is 0.410 e. The van der Waals surface area contributed by atoms with E-state index < -0.39 is 0 Å². The highest BCUT2D eigenvalue weighted by Gasteiger charge is 2.38. The molecule has 3 unspecified atom stereocenters. The van der Waals surface area contributed by atoms with Gasteiger partial charge in [-0.15, -0.1) is 0 Å². The first kappa shape index (κ1) is 24.3. The van der Waals surface area contributed by atoms with Crippen LogP contribution in [-0.2, 0) is 11.2 Å². The number of aromatic amines is 1. The number of rotatable bonds is 5. The summed E-state index contributed by atoms with van der Waals surface area (Å²) in [5.74, 6) is 0.420. The molecule has 0 radical (unpaired) electrons. The lowest BCUT2D eigenvalue weighted by Gasteiger charge is -2.42. The summed E-state index contributed by atoms with van der Waals surface area (Å²) in [4.78, 5) is 24.8. The Morgan fingerprint density at radius 1 is 1.18 bits per heavy atom. The second-order valence-electron chi connectivity index (χ2n) is 10.7. The Morgan fingerprint density at radius 3 is 2.50 bits per heavy atom. The molecule has 7 heteroatoms. The molecule has 1 saturated carbocycles. The van der Waals surface area contributed by atoms with Crippen LogP contribution in [0.3, 0.4) is 0 Å². The van der Waals surface area contributed by atoms with Crippen LogP contribution < -0.4 is 0 Å². The average Bonchev–Trinajstić information content (AvgIpc) is 3.37. The van der Waals surface area contributed by atoms with Gasteiger partial charge in [-0.3, -0.25) is 4.90 Å². The molecular weight excluding hydrogens is 426 g/mol. The van der Waals surface area contributed by atoms with E-state index in [1.807, 2.05) is 35.4 Å². The van der Waals surface area contributed by atoms with E-state index in [4.69, 9.17) is 10.00 Å². The summed E-state index contributed by atoms with van der Waals surface area (Å²) >= 11 is 0. The smallest absolute Gasteiger partial charge is 0.410 e. The van der Waals surface area contributed by atoms with Crippen molar-refractivity contribution in [1.29, 1.82) is 5.26 Å². The van der Waals surface area contributed by atoms with E-state index >= 15 is 0 Å². The predicted molar refractivity (Wildman–Crippen MR) is 131 cm³/mol. The topological polar surface area (TPSA) is 85.2 Å². The van der Waals surface area contributed by atoms with Gasteiger partial charge in [-0.1, -0.05) is 39.3 Å². The highest BCUT2D eigenvalue weighted by Crippen LogP contribution is 2.39. The summed E-state index contributed by atoms with van der Waals surface area (Å²) < 4.78 is 6.08. The largest absolute Gasteiger partial charge is 0.446 e. The van der Waals surface area contributed by atoms with Gasteiger partial charge in [0.15, 0.2) is 0 Å². The molecule has 1 aromatic carbocycles. The number of carbonyl (C=O) groups excluding carboxylic acids is 1. The predicted octanol–water partition coefficient (Wildman–Crippen LogP) is 4.92. The highest BCUT2D eigenvalue weighted by atomic mass is 16.6. The lowest BCUT2D eigenvalue weighted by Crippen LogP contribution is -2.51. The lowest BCUT2D eigenvalue weighted by molar-refractivity contribution is -0.0263. The quantitative estimate of drug-likeness (QED) is 0.680. The van der Waals surface area contributed by atoms with Crippen LogP contribution in [0.4, 0.5) is 4.79 Å². The van der Waals surface area contributed by atoms with Gasteiger partial charge < -0.3 is 14.6 Å². The second-order valence-corrected chi connectivity index (χ2v) is 10.7. The van der Waals surface area contributed by atoms with Gasteiger partial charge >= 0.3 is 6.09 Å². The van der Waals surface area contributed by atoms with Gasteiger partial charge in [-0.2, -0.15) is 5.26 Å². The minimum absolute atomic E-state index is 0.0217. The van der Waals surface area contributed by atoms with Gasteiger partial charge in [0.2, 0.25) is 0 Å². The van der Waals surface area contributed by atoms with Crippen LogP contribution in [0.15, 0.2) is 36.8 Å². The number of hydrogen-bond acceptors (Lipinski definition) is 5. The van der Waals surface area contributed by atoms with Crippen molar-refractivity contribution in [1.82, 2.24) is 19.8 Å². The van der Waals surface area contributed by atoms with Crippen molar-refractivity contribution in [2.24, 2.45) is 11.3 Å². The normalized spacial score (nSPS) is 22.7. The number of ether oxygens (including phenoxy) is 1. The molecule has 2 fully saturated rings. The fourth-order valence-electron chi connectivity index (χ4n) is 5.47. The molecule has 182 valence electrons. The van der Waals surface area contributed by atoms with Crippen molar-refractivity contribution < 1.29 is 9.53 Å². The molecule has 1 N–H and O–H groups in total. The summed E-state index contributed by atoms with van der Waals surface area (Å²) in [6.45, 7) is 9.64. The minimum atomic E-state index is -0.161. The lowest BCUT2D eigenvalue weighted by atomic mass is 9.71. The van der Waals surface area contributed by atoms with Gasteiger partial charge in [0.25, 0.3) is 0 Å². The zero-order valence-corrected chi connectivity index (χ0v) is 20.7. The van der Waals surface area contributed by atoms with E-state index in [1.165, 1.54) is 12.0 Å². The standard InChI is InChI=1S/C27H37N5O2/c1-27(2,3)22-6-4-5-7-25(22)34-26(33)32-14-12-31(13-15-32)24(23-18-29-19-30-23)16-20-8-10-21(17-28)11-9-20/h8-11,18-19,22,24-25H,4-7,12-16H2,1-3H3,(H,29,30). The fraction of sp³-hybridized carbons (Fsp3) is 0.593. The molecule has 1 aromatic heterocycles. The Bertz CT molecular complexity index is 966. The Morgan fingerprint density at radius 2 is 1.88 bits per heavy atom. The molecule has 7 nitrogen and oxygen atoms in total. The number of hydrogen-bond donors (Lipinski definition) is 1. The Kier molecular flexibility index (Phi) is 7.57. The third-order valence-electron chi connectivity index (χ3n) is 7.47. The summed E-state index contributed by atoms with van der Waals surface area (Å²) in [6.07, 6.45) is 8.74. The zero-order chi connectivity index (χ0) is 24.1. The fourth-order valence-corrected chi connectivity index (χ4v) is 5.47. The Labute approximate surface area is 203 Å². The number of aromatic nitrogens is 2. The molecule has 1 aliphatic heterocycles. The summed E-state index contributed by atoms with van der Waals surface area (Å²) in [7, 11) is 0. The summed E-state index contributed by atoms with van der Waals surface area (Å²) in [6, 6.07) is 10.1. The first-order valence-electron chi connectivity index (χ1n) is 12.5. The number of amides is 1. The number of nitriles is 1. The molecule has 3 atom stereocenters. The number of nitrogens with one attached hydrogen (secondary N) is 1. The maximum atomic E-state index is 13.0. The number of nitrogens with zero attached hydrogens (tertiary/aromatic N) is 4. The summed E-state index contributed by atoms with van der Waals surface area (Å²) in [5, 5.41) is 9.08. The number of carbonyl (C=O) groups is 1. The van der Waals surface area contributed by atoms with Gasteiger partial charge in [0, 0.05) is 38.3 Å². The van der Waals surface area contributed by atoms with Crippen molar-refractivity contribution in [3.63, 3.8) is 0 Å². The molecule has 4 rings (SSSR count). The van der Waals surface area contributed by atoms with E-state index in [9.17, 15) is 4.79 Å². The van der Waals surface area contributed by atoms with Gasteiger partial charge in [-0.25, -0.2) is 9.78 Å². The van der Waals surface area contributed by atoms with Gasteiger partial charge in [-0.05, 0) is 48.8 Å². The number of imidazole rings is 1. The molecular formula is C27H37N5O2. The van der Waals surface area contributed by atoms with Crippen molar-refractivity contribution in [3.8, 4) is 6.07 Å². The van der Waals surface area contributed by atoms with E-state index in [-0.39, 0.29) is 23.7 Å². The number of H-pyrrole nitrogens is 1. The van der Waals surface area contributed by atoms with Crippen molar-refractivity contribution in [3.05, 3.63) is 53.6 Å². The van der Waals surface area contributed by atoms with Crippen LogP contribution in [0.5, 0.6) is 0 Å². The molecule has 2 heterocycles. The molecule has 1 saturated heterocycles. The van der Waals surface area contributed by atoms with Crippen molar-refractivity contribution in [2.45, 2.75) is 65.0 Å². The SMILES string of the molecule is CC(C)(C)C1CCCCC1OC(=O)N1CCN(C(Cc2ccc(C#N)cc2)c2cnc[nH]2)CC1. The van der Waals surface area contributed by atoms with Crippen LogP contribution in [0.25, 0.3) is 0 Å². The number of benzene rings is 1. The third-order valence-corrected chi connectivity index (χ3v) is 7.47. The second kappa shape index (κ2) is 10.6. The summed E-state index contributed by atoms with van der Waals surface area (Å²) in [5.41, 5.74) is 3.05. The van der Waals surface area contributed by atoms with E-state index in [1.54, 1.807) is 6.33 Å². The van der Waals surface area contributed by atoms with E-state index in [0.29, 0.717) is 24.6 Å². The molecule has 1 amide bonds. The van der Waals surface area contributed by atoms with Crippen LogP contribution in [-0.4, -0.2) is 58.1 Å². The van der Waals surface area contributed by atoms with Crippen molar-refractivity contribution >= 4 is 6.09 Å². The number of piperazine rings is 1. The van der Waals surface area contributed by atoms with Gasteiger partial charge in [0.05, 0.1) is 29.7 Å². The zero-order valence-electron chi connectivity index (χ0n) is 20.7. The van der Waals surface area contributed by atoms with Crippen LogP contribution >= 0.6 is 0 Å². The average molecular weight is 464 g/mol. The monoisotopic (exact) mass is 463 g/mol. The Balaban J connectivity index is 1.37. The van der Waals surface area contributed by atoms with E-state index in [0.717, 1.165) is 44.5 Å². The third kappa shape index (κ3) is 5.79.